The monoisotopic (exact) mass is 376 g/mol. The van der Waals surface area contributed by atoms with Crippen LogP contribution in [0.4, 0.5) is 4.39 Å². The van der Waals surface area contributed by atoms with Crippen molar-refractivity contribution in [2.24, 2.45) is 0 Å². The third kappa shape index (κ3) is 4.26. The summed E-state index contributed by atoms with van der Waals surface area (Å²) < 4.78 is 19.0. The van der Waals surface area contributed by atoms with Crippen LogP contribution in [0.5, 0.6) is 0 Å². The van der Waals surface area contributed by atoms with E-state index in [1.54, 1.807) is 12.1 Å². The molecule has 0 saturated heterocycles. The van der Waals surface area contributed by atoms with Gasteiger partial charge in [-0.2, -0.15) is 0 Å². The number of hydrogen-bond donors (Lipinski definition) is 0. The average Bonchev–Trinajstić information content (AvgIpc) is 3.18. The molecule has 4 aromatic rings. The van der Waals surface area contributed by atoms with Gasteiger partial charge in [-0.25, -0.2) is 4.39 Å². The second-order valence-corrected chi connectivity index (χ2v) is 7.00. The molecule has 3 aromatic carbocycles. The number of hydrogen-bond acceptors (Lipinski definition) is 4. The molecule has 0 fully saturated rings. The van der Waals surface area contributed by atoms with Gasteiger partial charge in [-0.15, -0.1) is 10.2 Å². The maximum atomic E-state index is 13.0. The summed E-state index contributed by atoms with van der Waals surface area (Å²) in [7, 11) is 0. The van der Waals surface area contributed by atoms with Crippen molar-refractivity contribution in [3.63, 3.8) is 0 Å². The predicted octanol–water partition coefficient (Wildman–Crippen LogP) is 5.68. The molecule has 5 heteroatoms. The lowest BCUT2D eigenvalue weighted by atomic mass is 9.91. The van der Waals surface area contributed by atoms with E-state index in [4.69, 9.17) is 4.42 Å². The number of thioether (sulfide) groups is 1. The summed E-state index contributed by atoms with van der Waals surface area (Å²) in [5.74, 6) is 0.856. The Morgan fingerprint density at radius 1 is 0.778 bits per heavy atom. The molecule has 0 N–H and O–H groups in total. The van der Waals surface area contributed by atoms with Gasteiger partial charge in [0.05, 0.1) is 5.92 Å². The van der Waals surface area contributed by atoms with Gasteiger partial charge >= 0.3 is 0 Å². The molecule has 0 aliphatic heterocycles. The minimum atomic E-state index is -0.239. The first kappa shape index (κ1) is 17.5. The summed E-state index contributed by atoms with van der Waals surface area (Å²) in [6.45, 7) is 0. The van der Waals surface area contributed by atoms with Crippen LogP contribution in [0.15, 0.2) is 94.6 Å². The van der Waals surface area contributed by atoms with Gasteiger partial charge in [0, 0.05) is 5.75 Å². The first-order chi connectivity index (χ1) is 13.3. The van der Waals surface area contributed by atoms with E-state index in [9.17, 15) is 4.39 Å². The zero-order chi connectivity index (χ0) is 18.5. The molecule has 0 aliphatic rings. The zero-order valence-corrected chi connectivity index (χ0v) is 15.3. The summed E-state index contributed by atoms with van der Waals surface area (Å²) in [5, 5.41) is 9.00. The highest BCUT2D eigenvalue weighted by molar-refractivity contribution is 7.98. The van der Waals surface area contributed by atoms with E-state index in [0.29, 0.717) is 16.9 Å². The predicted molar refractivity (Wildman–Crippen MR) is 104 cm³/mol. The van der Waals surface area contributed by atoms with Crippen LogP contribution in [0, 0.1) is 5.82 Å². The van der Waals surface area contributed by atoms with Gasteiger partial charge in [0.2, 0.25) is 5.89 Å². The van der Waals surface area contributed by atoms with Crippen LogP contribution in [0.25, 0.3) is 0 Å². The van der Waals surface area contributed by atoms with Crippen molar-refractivity contribution < 1.29 is 8.81 Å². The van der Waals surface area contributed by atoms with Crippen molar-refractivity contribution in [1.82, 2.24) is 10.2 Å². The SMILES string of the molecule is Fc1ccc(CSc2nnc(C(c3ccccc3)c3ccccc3)o2)cc1. The molecule has 1 aromatic heterocycles. The lowest BCUT2D eigenvalue weighted by molar-refractivity contribution is 0.409. The molecule has 27 heavy (non-hydrogen) atoms. The van der Waals surface area contributed by atoms with Crippen LogP contribution in [0.2, 0.25) is 0 Å². The highest BCUT2D eigenvalue weighted by atomic mass is 32.2. The van der Waals surface area contributed by atoms with Crippen LogP contribution < -0.4 is 0 Å². The standard InChI is InChI=1S/C22H17FN2OS/c23-19-13-11-16(12-14-19)15-27-22-25-24-21(26-22)20(17-7-3-1-4-8-17)18-9-5-2-6-10-18/h1-14,20H,15H2. The Hall–Kier alpha value is -2.92. The molecule has 0 spiro atoms. The number of rotatable bonds is 6. The van der Waals surface area contributed by atoms with Gasteiger partial charge < -0.3 is 4.42 Å². The molecule has 0 aliphatic carbocycles. The fourth-order valence-corrected chi connectivity index (χ4v) is 3.62. The number of aromatic nitrogens is 2. The Balaban J connectivity index is 1.57. The third-order valence-electron chi connectivity index (χ3n) is 4.21. The van der Waals surface area contributed by atoms with Crippen LogP contribution in [0.1, 0.15) is 28.5 Å². The quantitative estimate of drug-likeness (QED) is 0.406. The van der Waals surface area contributed by atoms with E-state index in [2.05, 4.69) is 34.5 Å². The van der Waals surface area contributed by atoms with Crippen LogP contribution >= 0.6 is 11.8 Å². The average molecular weight is 376 g/mol. The van der Waals surface area contributed by atoms with Crippen molar-refractivity contribution >= 4 is 11.8 Å². The topological polar surface area (TPSA) is 38.9 Å². The van der Waals surface area contributed by atoms with Crippen LogP contribution in [0.3, 0.4) is 0 Å². The van der Waals surface area contributed by atoms with Gasteiger partial charge in [-0.1, -0.05) is 84.6 Å². The maximum absolute atomic E-state index is 13.0. The van der Waals surface area contributed by atoms with Gasteiger partial charge in [0.15, 0.2) is 0 Å². The van der Waals surface area contributed by atoms with Gasteiger partial charge in [-0.3, -0.25) is 0 Å². The van der Waals surface area contributed by atoms with Crippen molar-refractivity contribution in [2.75, 3.05) is 0 Å². The van der Waals surface area contributed by atoms with E-state index in [0.717, 1.165) is 16.7 Å². The molecule has 134 valence electrons. The fraction of sp³-hybridized carbons (Fsp3) is 0.0909. The maximum Gasteiger partial charge on any atom is 0.276 e. The second kappa shape index (κ2) is 8.18. The highest BCUT2D eigenvalue weighted by Gasteiger charge is 2.22. The smallest absolute Gasteiger partial charge is 0.276 e. The van der Waals surface area contributed by atoms with Crippen LogP contribution in [-0.2, 0) is 5.75 Å². The lowest BCUT2D eigenvalue weighted by Gasteiger charge is -2.13. The molecule has 0 radical (unpaired) electrons. The lowest BCUT2D eigenvalue weighted by Crippen LogP contribution is -2.03. The molecular formula is C22H17FN2OS. The summed E-state index contributed by atoms with van der Waals surface area (Å²) in [6.07, 6.45) is 0. The molecule has 1 heterocycles. The van der Waals surface area contributed by atoms with E-state index in [-0.39, 0.29) is 11.7 Å². The Morgan fingerprint density at radius 3 is 1.96 bits per heavy atom. The van der Waals surface area contributed by atoms with Crippen molar-refractivity contribution in [3.8, 4) is 0 Å². The Bertz CT molecular complexity index is 948. The number of halogens is 1. The van der Waals surface area contributed by atoms with E-state index in [1.165, 1.54) is 23.9 Å². The van der Waals surface area contributed by atoms with Crippen molar-refractivity contribution in [3.05, 3.63) is 113 Å². The highest BCUT2D eigenvalue weighted by Crippen LogP contribution is 2.32. The molecule has 0 amide bonds. The molecule has 0 saturated carbocycles. The molecule has 0 atom stereocenters. The van der Waals surface area contributed by atoms with Crippen molar-refractivity contribution in [1.29, 1.82) is 0 Å². The van der Waals surface area contributed by atoms with E-state index in [1.807, 2.05) is 36.4 Å². The third-order valence-corrected chi connectivity index (χ3v) is 5.10. The zero-order valence-electron chi connectivity index (χ0n) is 14.5. The Labute approximate surface area is 161 Å². The first-order valence-corrected chi connectivity index (χ1v) is 9.59. The molecule has 0 unspecified atom stereocenters. The Kier molecular flexibility index (Phi) is 5.30. The minimum Gasteiger partial charge on any atom is -0.415 e. The Morgan fingerprint density at radius 2 is 1.37 bits per heavy atom. The van der Waals surface area contributed by atoms with Gasteiger partial charge in [-0.05, 0) is 28.8 Å². The molecule has 3 nitrogen and oxygen atoms in total. The number of nitrogens with zero attached hydrogens (tertiary/aromatic N) is 2. The molecule has 4 rings (SSSR count). The number of benzene rings is 3. The minimum absolute atomic E-state index is 0.111. The fourth-order valence-electron chi connectivity index (χ4n) is 2.89. The van der Waals surface area contributed by atoms with Gasteiger partial charge in [0.25, 0.3) is 5.22 Å². The van der Waals surface area contributed by atoms with Crippen LogP contribution in [-0.4, -0.2) is 10.2 Å². The summed E-state index contributed by atoms with van der Waals surface area (Å²) in [4.78, 5) is 0. The second-order valence-electron chi connectivity index (χ2n) is 6.08. The summed E-state index contributed by atoms with van der Waals surface area (Å²) >= 11 is 1.45. The van der Waals surface area contributed by atoms with E-state index >= 15 is 0 Å². The van der Waals surface area contributed by atoms with Crippen molar-refractivity contribution in [2.45, 2.75) is 16.9 Å². The summed E-state index contributed by atoms with van der Waals surface area (Å²) in [6, 6.07) is 26.7. The molecule has 0 bridgehead atoms. The molecular weight excluding hydrogens is 359 g/mol. The normalized spacial score (nSPS) is 11.0. The summed E-state index contributed by atoms with van der Waals surface area (Å²) in [5.41, 5.74) is 3.20. The largest absolute Gasteiger partial charge is 0.415 e. The first-order valence-electron chi connectivity index (χ1n) is 8.60. The van der Waals surface area contributed by atoms with Gasteiger partial charge in [0.1, 0.15) is 5.82 Å². The van der Waals surface area contributed by atoms with E-state index < -0.39 is 0 Å².